The van der Waals surface area contributed by atoms with Gasteiger partial charge >= 0.3 is 0 Å². The number of alkyl halides is 2. The minimum absolute atomic E-state index is 0.136. The van der Waals surface area contributed by atoms with Crippen molar-refractivity contribution in [2.75, 3.05) is 0 Å². The number of halogens is 2. The molecular weight excluding hydrogens is 200 g/mol. The Bertz CT molecular complexity index is 318. The van der Waals surface area contributed by atoms with Gasteiger partial charge in [0.1, 0.15) is 0 Å². The van der Waals surface area contributed by atoms with Crippen LogP contribution < -0.4 is 5.73 Å². The molecule has 86 valence electrons. The van der Waals surface area contributed by atoms with Crippen molar-refractivity contribution in [3.63, 3.8) is 0 Å². The van der Waals surface area contributed by atoms with Gasteiger partial charge in [-0.2, -0.15) is 5.10 Å². The molecule has 15 heavy (non-hydrogen) atoms. The lowest BCUT2D eigenvalue weighted by Gasteiger charge is -2.22. The van der Waals surface area contributed by atoms with E-state index in [9.17, 15) is 8.78 Å². The molecule has 0 saturated carbocycles. The summed E-state index contributed by atoms with van der Waals surface area (Å²) in [6.45, 7) is 5.31. The van der Waals surface area contributed by atoms with Gasteiger partial charge in [0.2, 0.25) is 0 Å². The first-order valence-electron chi connectivity index (χ1n) is 4.93. The molecule has 0 aliphatic heterocycles. The van der Waals surface area contributed by atoms with Crippen LogP contribution in [-0.2, 0) is 6.42 Å². The van der Waals surface area contributed by atoms with Crippen molar-refractivity contribution in [3.05, 3.63) is 18.0 Å². The molecule has 0 saturated heterocycles. The van der Waals surface area contributed by atoms with Gasteiger partial charge in [-0.1, -0.05) is 0 Å². The summed E-state index contributed by atoms with van der Waals surface area (Å²) in [5, 5.41) is 4.08. The highest BCUT2D eigenvalue weighted by molar-refractivity contribution is 5.09. The van der Waals surface area contributed by atoms with Gasteiger partial charge < -0.3 is 5.73 Å². The number of nitrogens with zero attached hydrogens (tertiary/aromatic N) is 2. The van der Waals surface area contributed by atoms with Crippen LogP contribution in [0.25, 0.3) is 0 Å². The summed E-state index contributed by atoms with van der Waals surface area (Å²) < 4.78 is 26.8. The Morgan fingerprint density at radius 1 is 1.53 bits per heavy atom. The second kappa shape index (κ2) is 4.26. The molecule has 2 N–H and O–H groups in total. The molecule has 0 aliphatic carbocycles. The lowest BCUT2D eigenvalue weighted by atomic mass is 9.96. The van der Waals surface area contributed by atoms with Gasteiger partial charge in [-0.3, -0.25) is 4.68 Å². The van der Waals surface area contributed by atoms with Gasteiger partial charge in [-0.05, 0) is 32.8 Å². The van der Waals surface area contributed by atoms with Crippen molar-refractivity contribution in [3.8, 4) is 0 Å². The zero-order valence-corrected chi connectivity index (χ0v) is 9.24. The second-order valence-corrected chi connectivity index (χ2v) is 4.41. The number of hydrogen-bond donors (Lipinski definition) is 1. The predicted octanol–water partition coefficient (Wildman–Crippen LogP) is 1.99. The van der Waals surface area contributed by atoms with Gasteiger partial charge in [-0.25, -0.2) is 8.78 Å². The summed E-state index contributed by atoms with van der Waals surface area (Å²) in [4.78, 5) is 0. The number of aromatic nitrogens is 2. The van der Waals surface area contributed by atoms with Crippen LogP contribution in [0, 0.1) is 0 Å². The van der Waals surface area contributed by atoms with E-state index < -0.39 is 12.0 Å². The van der Waals surface area contributed by atoms with E-state index in [0.717, 1.165) is 5.56 Å². The topological polar surface area (TPSA) is 43.8 Å². The van der Waals surface area contributed by atoms with Gasteiger partial charge in [-0.15, -0.1) is 0 Å². The summed E-state index contributed by atoms with van der Waals surface area (Å²) in [5.41, 5.74) is 4.75. The maximum absolute atomic E-state index is 12.5. The Kier molecular flexibility index (Phi) is 3.44. The van der Waals surface area contributed by atoms with E-state index in [1.807, 2.05) is 13.8 Å². The summed E-state index contributed by atoms with van der Waals surface area (Å²) in [7, 11) is 0. The maximum Gasteiger partial charge on any atom is 0.256 e. The zero-order valence-electron chi connectivity index (χ0n) is 9.24. The molecule has 0 aliphatic rings. The van der Waals surface area contributed by atoms with Crippen molar-refractivity contribution in [1.29, 1.82) is 0 Å². The average Bonchev–Trinajstić information content (AvgIpc) is 2.51. The van der Waals surface area contributed by atoms with Crippen molar-refractivity contribution < 1.29 is 8.78 Å². The smallest absolute Gasteiger partial charge is 0.256 e. The summed E-state index contributed by atoms with van der Waals surface area (Å²) >= 11 is 0. The number of nitrogens with two attached hydrogens (primary N) is 1. The molecule has 1 unspecified atom stereocenters. The van der Waals surface area contributed by atoms with E-state index in [1.165, 1.54) is 6.92 Å². The van der Waals surface area contributed by atoms with E-state index in [4.69, 9.17) is 5.73 Å². The average molecular weight is 217 g/mol. The summed E-state index contributed by atoms with van der Waals surface area (Å²) in [5.74, 6) is 0. The van der Waals surface area contributed by atoms with Crippen LogP contribution in [0.2, 0.25) is 0 Å². The number of hydrogen-bond acceptors (Lipinski definition) is 2. The van der Waals surface area contributed by atoms with Crippen molar-refractivity contribution in [2.24, 2.45) is 5.73 Å². The van der Waals surface area contributed by atoms with Crippen molar-refractivity contribution >= 4 is 0 Å². The fraction of sp³-hybridized carbons (Fsp3) is 0.700. The minimum atomic E-state index is -2.53. The van der Waals surface area contributed by atoms with E-state index in [1.54, 1.807) is 17.1 Å². The van der Waals surface area contributed by atoms with Gasteiger partial charge in [0.05, 0.1) is 11.7 Å². The quantitative estimate of drug-likeness (QED) is 0.838. The Morgan fingerprint density at radius 2 is 2.13 bits per heavy atom. The van der Waals surface area contributed by atoms with Crippen LogP contribution >= 0.6 is 0 Å². The maximum atomic E-state index is 12.5. The van der Waals surface area contributed by atoms with Crippen molar-refractivity contribution in [2.45, 2.75) is 45.2 Å². The first-order valence-corrected chi connectivity index (χ1v) is 4.93. The van der Waals surface area contributed by atoms with Crippen LogP contribution in [0.1, 0.15) is 32.4 Å². The lowest BCUT2D eigenvalue weighted by molar-refractivity contribution is 0.0639. The van der Waals surface area contributed by atoms with Crippen LogP contribution in [-0.4, -0.2) is 21.7 Å². The van der Waals surface area contributed by atoms with Crippen LogP contribution in [0.5, 0.6) is 0 Å². The van der Waals surface area contributed by atoms with Crippen LogP contribution in [0.4, 0.5) is 8.78 Å². The molecule has 1 rings (SSSR count). The van der Waals surface area contributed by atoms with Gasteiger partial charge in [0.15, 0.2) is 0 Å². The first kappa shape index (κ1) is 12.1. The minimum Gasteiger partial charge on any atom is -0.320 e. The third kappa shape index (κ3) is 2.99. The molecule has 5 heteroatoms. The summed E-state index contributed by atoms with van der Waals surface area (Å²) in [6.07, 6.45) is 0.961. The third-order valence-electron chi connectivity index (χ3n) is 2.27. The van der Waals surface area contributed by atoms with E-state index in [-0.39, 0.29) is 12.5 Å². The van der Waals surface area contributed by atoms with Gasteiger partial charge in [0.25, 0.3) is 6.43 Å². The highest BCUT2D eigenvalue weighted by atomic mass is 19.3. The van der Waals surface area contributed by atoms with E-state index in [0.29, 0.717) is 0 Å². The molecule has 0 spiro atoms. The SMILES string of the molecule is CC(C)n1cc(CC(C)(N)C(F)F)cn1. The monoisotopic (exact) mass is 217 g/mol. The highest BCUT2D eigenvalue weighted by Gasteiger charge is 2.30. The zero-order chi connectivity index (χ0) is 11.6. The molecule has 0 amide bonds. The molecule has 0 bridgehead atoms. The Balaban J connectivity index is 2.73. The van der Waals surface area contributed by atoms with E-state index >= 15 is 0 Å². The second-order valence-electron chi connectivity index (χ2n) is 4.41. The lowest BCUT2D eigenvalue weighted by Crippen LogP contribution is -2.45. The molecule has 3 nitrogen and oxygen atoms in total. The molecule has 0 aromatic carbocycles. The molecule has 1 heterocycles. The van der Waals surface area contributed by atoms with Crippen molar-refractivity contribution in [1.82, 2.24) is 9.78 Å². The normalized spacial score (nSPS) is 16.0. The molecule has 1 atom stereocenters. The fourth-order valence-electron chi connectivity index (χ4n) is 1.27. The van der Waals surface area contributed by atoms with Crippen LogP contribution in [0.15, 0.2) is 12.4 Å². The highest BCUT2D eigenvalue weighted by Crippen LogP contribution is 2.18. The molecule has 0 radical (unpaired) electrons. The largest absolute Gasteiger partial charge is 0.320 e. The third-order valence-corrected chi connectivity index (χ3v) is 2.27. The standard InChI is InChI=1S/C10H17F2N3/c1-7(2)15-6-8(5-14-15)4-10(3,13)9(11)12/h5-7,9H,4,13H2,1-3H3. The Hall–Kier alpha value is -0.970. The Labute approximate surface area is 88.3 Å². The van der Waals surface area contributed by atoms with Gasteiger partial charge in [0, 0.05) is 12.2 Å². The molecule has 0 fully saturated rings. The Morgan fingerprint density at radius 3 is 2.53 bits per heavy atom. The summed E-state index contributed by atoms with van der Waals surface area (Å²) in [6, 6.07) is 0.231. The molecule has 1 aromatic heterocycles. The fourth-order valence-corrected chi connectivity index (χ4v) is 1.27. The predicted molar refractivity (Wildman–Crippen MR) is 54.9 cm³/mol. The number of rotatable bonds is 4. The molecular formula is C10H17F2N3. The van der Waals surface area contributed by atoms with E-state index in [2.05, 4.69) is 5.10 Å². The first-order chi connectivity index (χ1) is 6.83. The molecule has 1 aromatic rings. The van der Waals surface area contributed by atoms with Crippen LogP contribution in [0.3, 0.4) is 0 Å².